The number of hydrogen-bond acceptors (Lipinski definition) is 3. The van der Waals surface area contributed by atoms with E-state index in [1.54, 1.807) is 6.20 Å². The fraction of sp³-hybridized carbons (Fsp3) is 0.375. The van der Waals surface area contributed by atoms with E-state index in [1.165, 1.54) is 0 Å². The van der Waals surface area contributed by atoms with Crippen molar-refractivity contribution in [2.45, 2.75) is 13.0 Å². The summed E-state index contributed by atoms with van der Waals surface area (Å²) in [5, 5.41) is 0. The highest BCUT2D eigenvalue weighted by Gasteiger charge is 2.05. The van der Waals surface area contributed by atoms with Crippen LogP contribution in [0.2, 0.25) is 0 Å². The van der Waals surface area contributed by atoms with E-state index in [2.05, 4.69) is 4.98 Å². The van der Waals surface area contributed by atoms with Crippen molar-refractivity contribution in [3.63, 3.8) is 0 Å². The molecule has 0 saturated heterocycles. The van der Waals surface area contributed by atoms with Crippen LogP contribution in [0.1, 0.15) is 17.3 Å². The molecule has 11 heavy (non-hydrogen) atoms. The van der Waals surface area contributed by atoms with Crippen molar-refractivity contribution in [3.8, 4) is 0 Å². The zero-order valence-electron chi connectivity index (χ0n) is 6.62. The number of nitrogens with zero attached hydrogens (tertiary/aromatic N) is 1. The first-order chi connectivity index (χ1) is 5.25. The lowest BCUT2D eigenvalue weighted by molar-refractivity contribution is 0.725. The van der Waals surface area contributed by atoms with E-state index in [4.69, 9.17) is 11.5 Å². The van der Waals surface area contributed by atoms with Crippen molar-refractivity contribution in [2.24, 2.45) is 11.5 Å². The largest absolute Gasteiger partial charge is 0.329 e. The minimum atomic E-state index is -0.0799. The van der Waals surface area contributed by atoms with Crippen LogP contribution in [0.4, 0.5) is 0 Å². The summed E-state index contributed by atoms with van der Waals surface area (Å²) in [7, 11) is 0. The average Bonchev–Trinajstić information content (AvgIpc) is 2.04. The average molecular weight is 151 g/mol. The van der Waals surface area contributed by atoms with Crippen molar-refractivity contribution in [1.82, 2.24) is 4.98 Å². The summed E-state index contributed by atoms with van der Waals surface area (Å²) in [5.41, 5.74) is 13.2. The normalized spacial score (nSPS) is 13.0. The monoisotopic (exact) mass is 151 g/mol. The lowest BCUT2D eigenvalue weighted by atomic mass is 10.1. The van der Waals surface area contributed by atoms with Crippen LogP contribution < -0.4 is 11.5 Å². The van der Waals surface area contributed by atoms with Gasteiger partial charge in [0.15, 0.2) is 0 Å². The Morgan fingerprint density at radius 3 is 2.91 bits per heavy atom. The molecule has 0 amide bonds. The fourth-order valence-corrected chi connectivity index (χ4v) is 1.02. The van der Waals surface area contributed by atoms with Crippen LogP contribution in [0.5, 0.6) is 0 Å². The van der Waals surface area contributed by atoms with Gasteiger partial charge in [0.25, 0.3) is 0 Å². The van der Waals surface area contributed by atoms with Gasteiger partial charge in [-0.1, -0.05) is 6.07 Å². The number of aromatic nitrogens is 1. The van der Waals surface area contributed by atoms with Crippen molar-refractivity contribution in [2.75, 3.05) is 6.54 Å². The molecule has 1 rings (SSSR count). The molecular weight excluding hydrogens is 138 g/mol. The Hall–Kier alpha value is -0.930. The molecule has 0 fully saturated rings. The Labute approximate surface area is 66.4 Å². The molecule has 1 unspecified atom stereocenters. The maximum absolute atomic E-state index is 5.73. The van der Waals surface area contributed by atoms with Crippen molar-refractivity contribution >= 4 is 0 Å². The van der Waals surface area contributed by atoms with Crippen LogP contribution in [0.25, 0.3) is 0 Å². The predicted octanol–water partition coefficient (Wildman–Crippen LogP) is 0.349. The highest BCUT2D eigenvalue weighted by atomic mass is 14.7. The number of pyridine rings is 1. The second-order valence-corrected chi connectivity index (χ2v) is 2.52. The molecule has 0 aliphatic carbocycles. The van der Waals surface area contributed by atoms with E-state index >= 15 is 0 Å². The second-order valence-electron chi connectivity index (χ2n) is 2.52. The maximum atomic E-state index is 5.73. The van der Waals surface area contributed by atoms with Gasteiger partial charge in [0.2, 0.25) is 0 Å². The molecule has 3 nitrogen and oxygen atoms in total. The highest BCUT2D eigenvalue weighted by molar-refractivity contribution is 5.22. The summed E-state index contributed by atoms with van der Waals surface area (Å²) in [6, 6.07) is 3.75. The van der Waals surface area contributed by atoms with Gasteiger partial charge >= 0.3 is 0 Å². The van der Waals surface area contributed by atoms with E-state index in [9.17, 15) is 0 Å². The Kier molecular flexibility index (Phi) is 2.57. The highest BCUT2D eigenvalue weighted by Crippen LogP contribution is 2.10. The zero-order chi connectivity index (χ0) is 8.27. The second kappa shape index (κ2) is 3.46. The first-order valence-corrected chi connectivity index (χ1v) is 3.63. The summed E-state index contributed by atoms with van der Waals surface area (Å²) in [6.07, 6.45) is 1.75. The molecule has 0 radical (unpaired) electrons. The van der Waals surface area contributed by atoms with Gasteiger partial charge < -0.3 is 11.5 Å². The summed E-state index contributed by atoms with van der Waals surface area (Å²) in [5.74, 6) is 0. The Morgan fingerprint density at radius 2 is 2.36 bits per heavy atom. The summed E-state index contributed by atoms with van der Waals surface area (Å²) in [4.78, 5) is 4.11. The van der Waals surface area contributed by atoms with Crippen LogP contribution >= 0.6 is 0 Å². The topological polar surface area (TPSA) is 64.9 Å². The quantitative estimate of drug-likeness (QED) is 0.641. The Balaban J connectivity index is 2.93. The van der Waals surface area contributed by atoms with Gasteiger partial charge in [-0.05, 0) is 18.6 Å². The number of rotatable bonds is 2. The molecule has 0 saturated carbocycles. The smallest absolute Gasteiger partial charge is 0.0437 e. The molecule has 3 heteroatoms. The molecule has 1 aromatic heterocycles. The van der Waals surface area contributed by atoms with Gasteiger partial charge in [-0.25, -0.2) is 0 Å². The SMILES string of the molecule is Cc1ncccc1C(N)CN. The lowest BCUT2D eigenvalue weighted by Gasteiger charge is -2.10. The molecule has 0 aromatic carbocycles. The van der Waals surface area contributed by atoms with Crippen molar-refractivity contribution in [1.29, 1.82) is 0 Å². The van der Waals surface area contributed by atoms with Gasteiger partial charge in [-0.15, -0.1) is 0 Å². The van der Waals surface area contributed by atoms with Crippen LogP contribution in [0.15, 0.2) is 18.3 Å². The Bertz CT molecular complexity index is 235. The molecule has 4 N–H and O–H groups in total. The predicted molar refractivity (Wildman–Crippen MR) is 45.0 cm³/mol. The first-order valence-electron chi connectivity index (χ1n) is 3.63. The summed E-state index contributed by atoms with van der Waals surface area (Å²) < 4.78 is 0. The van der Waals surface area contributed by atoms with Crippen LogP contribution in [0, 0.1) is 6.92 Å². The maximum Gasteiger partial charge on any atom is 0.0437 e. The third-order valence-corrected chi connectivity index (χ3v) is 1.70. The molecule has 0 spiro atoms. The molecule has 0 aliphatic heterocycles. The van der Waals surface area contributed by atoms with Gasteiger partial charge in [0.05, 0.1) is 0 Å². The van der Waals surface area contributed by atoms with E-state index < -0.39 is 0 Å². The molecule has 0 aliphatic rings. The molecule has 1 atom stereocenters. The van der Waals surface area contributed by atoms with Crippen molar-refractivity contribution in [3.05, 3.63) is 29.6 Å². The third-order valence-electron chi connectivity index (χ3n) is 1.70. The van der Waals surface area contributed by atoms with Gasteiger partial charge in [-0.2, -0.15) is 0 Å². The van der Waals surface area contributed by atoms with Gasteiger partial charge in [0, 0.05) is 24.5 Å². The van der Waals surface area contributed by atoms with Crippen LogP contribution in [0.3, 0.4) is 0 Å². The van der Waals surface area contributed by atoms with Gasteiger partial charge in [0.1, 0.15) is 0 Å². The van der Waals surface area contributed by atoms with E-state index in [1.807, 2.05) is 19.1 Å². The van der Waals surface area contributed by atoms with Crippen molar-refractivity contribution < 1.29 is 0 Å². The molecular formula is C8H13N3. The Morgan fingerprint density at radius 1 is 1.64 bits per heavy atom. The number of nitrogens with two attached hydrogens (primary N) is 2. The third kappa shape index (κ3) is 1.76. The summed E-state index contributed by atoms with van der Waals surface area (Å²) >= 11 is 0. The first kappa shape index (κ1) is 8.17. The number of hydrogen-bond donors (Lipinski definition) is 2. The van der Waals surface area contributed by atoms with Crippen LogP contribution in [-0.4, -0.2) is 11.5 Å². The number of aryl methyl sites for hydroxylation is 1. The zero-order valence-corrected chi connectivity index (χ0v) is 6.62. The minimum Gasteiger partial charge on any atom is -0.329 e. The molecule has 0 bridgehead atoms. The molecule has 60 valence electrons. The van der Waals surface area contributed by atoms with Crippen LogP contribution in [-0.2, 0) is 0 Å². The van der Waals surface area contributed by atoms with E-state index in [0.29, 0.717) is 6.54 Å². The molecule has 1 heterocycles. The lowest BCUT2D eigenvalue weighted by Crippen LogP contribution is -2.21. The van der Waals surface area contributed by atoms with E-state index in [0.717, 1.165) is 11.3 Å². The van der Waals surface area contributed by atoms with Gasteiger partial charge in [-0.3, -0.25) is 4.98 Å². The fourth-order valence-electron chi connectivity index (χ4n) is 1.02. The van der Waals surface area contributed by atoms with E-state index in [-0.39, 0.29) is 6.04 Å². The summed E-state index contributed by atoms with van der Waals surface area (Å²) in [6.45, 7) is 2.40. The standard InChI is InChI=1S/C8H13N3/c1-6-7(8(10)5-9)3-2-4-11-6/h2-4,8H,5,9-10H2,1H3. The molecule has 1 aromatic rings. The minimum absolute atomic E-state index is 0.0799.